The molecule has 1 aliphatic carbocycles. The van der Waals surface area contributed by atoms with Crippen LogP contribution >= 0.6 is 15.9 Å². The quantitative estimate of drug-likeness (QED) is 0.922. The van der Waals surface area contributed by atoms with Gasteiger partial charge in [-0.3, -0.25) is 0 Å². The van der Waals surface area contributed by atoms with Crippen molar-refractivity contribution in [2.75, 3.05) is 0 Å². The topological polar surface area (TPSA) is 78.1 Å². The van der Waals surface area contributed by atoms with E-state index in [1.165, 1.54) is 0 Å². The van der Waals surface area contributed by atoms with Gasteiger partial charge < -0.3 is 14.7 Å². The van der Waals surface area contributed by atoms with Crippen molar-refractivity contribution < 1.29 is 8.94 Å². The summed E-state index contributed by atoms with van der Waals surface area (Å²) in [7, 11) is 0. The molecule has 2 aromatic heterocycles. The highest BCUT2D eigenvalue weighted by molar-refractivity contribution is 9.10. The Morgan fingerprint density at radius 2 is 2.24 bits per heavy atom. The Bertz CT molecular complexity index is 557. The van der Waals surface area contributed by atoms with Gasteiger partial charge in [-0.1, -0.05) is 5.16 Å². The van der Waals surface area contributed by atoms with Crippen LogP contribution < -0.4 is 5.73 Å². The van der Waals surface area contributed by atoms with E-state index in [0.29, 0.717) is 22.1 Å². The number of furan rings is 1. The standard InChI is InChI=1S/C11H12BrN3O2/c1-6-5-7(12)16-8(6)9-14-10(15-17-9)11(13)3-2-4-11/h5H,2-4,13H2,1H3. The van der Waals surface area contributed by atoms with Crippen molar-refractivity contribution in [1.29, 1.82) is 0 Å². The van der Waals surface area contributed by atoms with Crippen LogP contribution in [0.2, 0.25) is 0 Å². The van der Waals surface area contributed by atoms with Gasteiger partial charge in [-0.15, -0.1) is 0 Å². The van der Waals surface area contributed by atoms with Gasteiger partial charge >= 0.3 is 0 Å². The van der Waals surface area contributed by atoms with E-state index in [1.54, 1.807) is 0 Å². The smallest absolute Gasteiger partial charge is 0.294 e. The lowest BCUT2D eigenvalue weighted by Gasteiger charge is -2.34. The summed E-state index contributed by atoms with van der Waals surface area (Å²) in [6, 6.07) is 1.86. The van der Waals surface area contributed by atoms with E-state index in [2.05, 4.69) is 26.1 Å². The van der Waals surface area contributed by atoms with Crippen molar-refractivity contribution in [3.8, 4) is 11.7 Å². The minimum atomic E-state index is -0.403. The molecule has 0 bridgehead atoms. The molecule has 90 valence electrons. The van der Waals surface area contributed by atoms with Crippen molar-refractivity contribution in [3.63, 3.8) is 0 Å². The SMILES string of the molecule is Cc1cc(Br)oc1-c1nc(C2(N)CCC2)no1. The van der Waals surface area contributed by atoms with Gasteiger partial charge in [0.1, 0.15) is 0 Å². The Kier molecular flexibility index (Phi) is 2.38. The molecule has 0 atom stereocenters. The summed E-state index contributed by atoms with van der Waals surface area (Å²) in [5.41, 5.74) is 6.68. The third-order valence-electron chi connectivity index (χ3n) is 3.20. The maximum atomic E-state index is 6.13. The number of halogens is 1. The maximum absolute atomic E-state index is 6.13. The van der Waals surface area contributed by atoms with Gasteiger partial charge in [-0.25, -0.2) is 0 Å². The molecule has 0 radical (unpaired) electrons. The van der Waals surface area contributed by atoms with E-state index >= 15 is 0 Å². The van der Waals surface area contributed by atoms with Crippen LogP contribution in [0, 0.1) is 6.92 Å². The van der Waals surface area contributed by atoms with E-state index in [9.17, 15) is 0 Å². The highest BCUT2D eigenvalue weighted by Crippen LogP contribution is 2.38. The van der Waals surface area contributed by atoms with E-state index in [1.807, 2.05) is 13.0 Å². The van der Waals surface area contributed by atoms with Crippen molar-refractivity contribution in [1.82, 2.24) is 10.1 Å². The molecule has 1 saturated carbocycles. The first-order chi connectivity index (χ1) is 8.08. The van der Waals surface area contributed by atoms with Gasteiger partial charge in [0.05, 0.1) is 5.54 Å². The maximum Gasteiger partial charge on any atom is 0.294 e. The molecule has 6 heteroatoms. The van der Waals surface area contributed by atoms with Gasteiger partial charge in [0.25, 0.3) is 5.89 Å². The lowest BCUT2D eigenvalue weighted by atomic mass is 9.77. The molecule has 0 aliphatic heterocycles. The van der Waals surface area contributed by atoms with Crippen LogP contribution in [-0.4, -0.2) is 10.1 Å². The zero-order valence-electron chi connectivity index (χ0n) is 9.36. The van der Waals surface area contributed by atoms with Gasteiger partial charge in [0.15, 0.2) is 16.3 Å². The molecular formula is C11H12BrN3O2. The second-order valence-corrected chi connectivity index (χ2v) is 5.28. The third-order valence-corrected chi connectivity index (χ3v) is 3.59. The molecule has 1 fully saturated rings. The van der Waals surface area contributed by atoms with E-state index in [4.69, 9.17) is 14.7 Å². The lowest BCUT2D eigenvalue weighted by Crippen LogP contribution is -2.44. The Hall–Kier alpha value is -1.14. The molecule has 17 heavy (non-hydrogen) atoms. The van der Waals surface area contributed by atoms with Crippen LogP contribution in [-0.2, 0) is 5.54 Å². The first kappa shape index (κ1) is 11.0. The van der Waals surface area contributed by atoms with Crippen LogP contribution in [0.1, 0.15) is 30.7 Å². The summed E-state index contributed by atoms with van der Waals surface area (Å²) in [6.45, 7) is 1.93. The summed E-state index contributed by atoms with van der Waals surface area (Å²) in [5.74, 6) is 1.56. The third kappa shape index (κ3) is 1.71. The van der Waals surface area contributed by atoms with Crippen molar-refractivity contribution in [2.24, 2.45) is 5.73 Å². The van der Waals surface area contributed by atoms with Crippen molar-refractivity contribution in [2.45, 2.75) is 31.7 Å². The zero-order valence-corrected chi connectivity index (χ0v) is 11.0. The lowest BCUT2D eigenvalue weighted by molar-refractivity contribution is 0.229. The van der Waals surface area contributed by atoms with Gasteiger partial charge in [-0.2, -0.15) is 4.98 Å². The van der Waals surface area contributed by atoms with Crippen LogP contribution in [0.5, 0.6) is 0 Å². The summed E-state index contributed by atoms with van der Waals surface area (Å²) in [6.07, 6.45) is 2.94. The molecule has 2 heterocycles. The van der Waals surface area contributed by atoms with Crippen molar-refractivity contribution in [3.05, 3.63) is 22.1 Å². The predicted octanol–water partition coefficient (Wildman–Crippen LogP) is 2.74. The van der Waals surface area contributed by atoms with Crippen LogP contribution in [0.25, 0.3) is 11.7 Å². The fraction of sp³-hybridized carbons (Fsp3) is 0.455. The largest absolute Gasteiger partial charge is 0.444 e. The fourth-order valence-electron chi connectivity index (χ4n) is 1.95. The molecule has 0 aromatic carbocycles. The molecule has 1 aliphatic rings. The number of nitrogens with two attached hydrogens (primary N) is 1. The van der Waals surface area contributed by atoms with Crippen molar-refractivity contribution >= 4 is 15.9 Å². The molecule has 2 N–H and O–H groups in total. The average Bonchev–Trinajstić information content (AvgIpc) is 2.81. The Morgan fingerprint density at radius 3 is 2.76 bits per heavy atom. The summed E-state index contributed by atoms with van der Waals surface area (Å²) >= 11 is 3.27. The first-order valence-corrected chi connectivity index (χ1v) is 6.27. The minimum Gasteiger partial charge on any atom is -0.444 e. The normalized spacial score (nSPS) is 18.1. The number of rotatable bonds is 2. The number of aryl methyl sites for hydroxylation is 1. The number of aromatic nitrogens is 2. The minimum absolute atomic E-state index is 0.389. The number of hydrogen-bond donors (Lipinski definition) is 1. The molecular weight excluding hydrogens is 286 g/mol. The summed E-state index contributed by atoms with van der Waals surface area (Å²) < 4.78 is 11.3. The second-order valence-electron chi connectivity index (χ2n) is 4.50. The predicted molar refractivity (Wildman–Crippen MR) is 64.2 cm³/mol. The Labute approximate surface area is 106 Å². The molecule has 5 nitrogen and oxygen atoms in total. The highest BCUT2D eigenvalue weighted by atomic mass is 79.9. The molecule has 0 amide bonds. The van der Waals surface area contributed by atoms with E-state index in [0.717, 1.165) is 24.8 Å². The molecule has 3 rings (SSSR count). The Balaban J connectivity index is 1.97. The van der Waals surface area contributed by atoms with Crippen LogP contribution in [0.15, 0.2) is 19.7 Å². The number of hydrogen-bond acceptors (Lipinski definition) is 5. The van der Waals surface area contributed by atoms with E-state index in [-0.39, 0.29) is 0 Å². The summed E-state index contributed by atoms with van der Waals surface area (Å²) in [4.78, 5) is 4.33. The van der Waals surface area contributed by atoms with E-state index < -0.39 is 5.54 Å². The average molecular weight is 298 g/mol. The van der Waals surface area contributed by atoms with Gasteiger partial charge in [0, 0.05) is 5.56 Å². The van der Waals surface area contributed by atoms with Crippen LogP contribution in [0.4, 0.5) is 0 Å². The van der Waals surface area contributed by atoms with Gasteiger partial charge in [0.2, 0.25) is 0 Å². The molecule has 2 aromatic rings. The molecule has 0 saturated heterocycles. The first-order valence-electron chi connectivity index (χ1n) is 5.48. The zero-order chi connectivity index (χ0) is 12.0. The van der Waals surface area contributed by atoms with Crippen LogP contribution in [0.3, 0.4) is 0 Å². The van der Waals surface area contributed by atoms with Gasteiger partial charge in [-0.05, 0) is 48.2 Å². The molecule has 0 spiro atoms. The fourth-order valence-corrected chi connectivity index (χ4v) is 2.46. The monoisotopic (exact) mass is 297 g/mol. The summed E-state index contributed by atoms with van der Waals surface area (Å²) in [5, 5.41) is 3.95. The Morgan fingerprint density at radius 1 is 1.47 bits per heavy atom. The second kappa shape index (κ2) is 3.68. The molecule has 0 unspecified atom stereocenters. The number of nitrogens with zero attached hydrogens (tertiary/aromatic N) is 2. The highest BCUT2D eigenvalue weighted by Gasteiger charge is 2.39.